The van der Waals surface area contributed by atoms with Crippen LogP contribution in [0.25, 0.3) is 0 Å². The summed E-state index contributed by atoms with van der Waals surface area (Å²) in [4.78, 5) is 13.5. The van der Waals surface area contributed by atoms with Crippen LogP contribution in [0.1, 0.15) is 32.1 Å². The molecule has 0 aromatic rings. The first-order valence-corrected chi connectivity index (χ1v) is 5.02. The van der Waals surface area contributed by atoms with Gasteiger partial charge in [0.15, 0.2) is 0 Å². The van der Waals surface area contributed by atoms with Gasteiger partial charge in [-0.1, -0.05) is 6.42 Å². The lowest BCUT2D eigenvalue weighted by Crippen LogP contribution is -2.35. The Morgan fingerprint density at radius 2 is 2.00 bits per heavy atom. The first-order valence-electron chi connectivity index (χ1n) is 5.02. The summed E-state index contributed by atoms with van der Waals surface area (Å²) >= 11 is 0. The predicted molar refractivity (Wildman–Crippen MR) is 47.7 cm³/mol. The zero-order valence-corrected chi connectivity index (χ0v) is 7.75. The first-order chi connectivity index (χ1) is 5.77. The number of hydrogen-bond donors (Lipinski definition) is 0. The fourth-order valence-electron chi connectivity index (χ4n) is 1.79. The molecule has 2 heteroatoms. The lowest BCUT2D eigenvalue weighted by Gasteiger charge is -2.30. The van der Waals surface area contributed by atoms with E-state index in [9.17, 15) is 4.79 Å². The lowest BCUT2D eigenvalue weighted by molar-refractivity contribution is -0.132. The van der Waals surface area contributed by atoms with Crippen molar-refractivity contribution in [3.8, 4) is 0 Å². The van der Waals surface area contributed by atoms with Crippen LogP contribution in [-0.2, 0) is 4.79 Å². The van der Waals surface area contributed by atoms with Gasteiger partial charge in [0.25, 0.3) is 0 Å². The van der Waals surface area contributed by atoms with Crippen LogP contribution in [0, 0.1) is 11.8 Å². The third kappa shape index (κ3) is 1.62. The van der Waals surface area contributed by atoms with E-state index in [4.69, 9.17) is 0 Å². The van der Waals surface area contributed by atoms with Gasteiger partial charge in [0.1, 0.15) is 0 Å². The second-order valence-electron chi connectivity index (χ2n) is 4.29. The Hall–Kier alpha value is -0.530. The van der Waals surface area contributed by atoms with Crippen molar-refractivity contribution in [2.45, 2.75) is 32.1 Å². The number of amides is 1. The van der Waals surface area contributed by atoms with E-state index in [1.807, 2.05) is 11.9 Å². The van der Waals surface area contributed by atoms with Gasteiger partial charge in [0.05, 0.1) is 0 Å². The molecule has 68 valence electrons. The Kier molecular flexibility index (Phi) is 2.07. The second-order valence-corrected chi connectivity index (χ2v) is 4.29. The van der Waals surface area contributed by atoms with Gasteiger partial charge in [-0.3, -0.25) is 4.79 Å². The van der Waals surface area contributed by atoms with Crippen molar-refractivity contribution in [2.75, 3.05) is 13.6 Å². The van der Waals surface area contributed by atoms with Gasteiger partial charge in [-0.15, -0.1) is 0 Å². The minimum absolute atomic E-state index is 0.391. The summed E-state index contributed by atoms with van der Waals surface area (Å²) in [5.74, 6) is 1.61. The molecule has 0 N–H and O–H groups in total. The summed E-state index contributed by atoms with van der Waals surface area (Å²) in [6.07, 6.45) is 6.31. The second kappa shape index (κ2) is 3.08. The van der Waals surface area contributed by atoms with E-state index < -0.39 is 0 Å². The third-order valence-corrected chi connectivity index (χ3v) is 3.06. The third-order valence-electron chi connectivity index (χ3n) is 3.06. The van der Waals surface area contributed by atoms with Gasteiger partial charge in [0, 0.05) is 19.5 Å². The maximum absolute atomic E-state index is 11.5. The number of carbonyl (C=O) groups is 1. The molecule has 1 amide bonds. The Bertz CT molecular complexity index is 182. The summed E-state index contributed by atoms with van der Waals surface area (Å²) in [6, 6.07) is 0. The Balaban J connectivity index is 1.74. The fourth-order valence-corrected chi connectivity index (χ4v) is 1.79. The highest BCUT2D eigenvalue weighted by atomic mass is 16.2. The van der Waals surface area contributed by atoms with Crippen LogP contribution in [0.3, 0.4) is 0 Å². The normalized spacial score (nSPS) is 23.4. The summed E-state index contributed by atoms with van der Waals surface area (Å²) in [7, 11) is 1.96. The van der Waals surface area contributed by atoms with Gasteiger partial charge < -0.3 is 4.90 Å². The van der Waals surface area contributed by atoms with Crippen LogP contribution >= 0.6 is 0 Å². The van der Waals surface area contributed by atoms with Crippen LogP contribution in [0.4, 0.5) is 0 Å². The molecule has 2 aliphatic carbocycles. The topological polar surface area (TPSA) is 20.3 Å². The van der Waals surface area contributed by atoms with Crippen molar-refractivity contribution in [1.82, 2.24) is 4.90 Å². The maximum atomic E-state index is 11.5. The molecular weight excluding hydrogens is 150 g/mol. The minimum atomic E-state index is 0.391. The Labute approximate surface area is 73.9 Å². The van der Waals surface area contributed by atoms with Crippen LogP contribution in [0.15, 0.2) is 0 Å². The molecule has 0 radical (unpaired) electrons. The van der Waals surface area contributed by atoms with Crippen molar-refractivity contribution >= 4 is 5.91 Å². The molecule has 2 fully saturated rings. The molecular formula is C10H17NO. The monoisotopic (exact) mass is 167 g/mol. The zero-order valence-electron chi connectivity index (χ0n) is 7.75. The van der Waals surface area contributed by atoms with Crippen LogP contribution < -0.4 is 0 Å². The SMILES string of the molecule is CN(CC1CCC1)C(=O)C1CC1. The standard InChI is InChI=1S/C10H17NO/c1-11(7-8-3-2-4-8)10(12)9-5-6-9/h8-9H,2-7H2,1H3. The van der Waals surface area contributed by atoms with E-state index >= 15 is 0 Å². The van der Waals surface area contributed by atoms with Gasteiger partial charge in [-0.25, -0.2) is 0 Å². The molecule has 2 saturated carbocycles. The fraction of sp³-hybridized carbons (Fsp3) is 0.900. The first kappa shape index (κ1) is 8.09. The Morgan fingerprint density at radius 1 is 1.33 bits per heavy atom. The number of nitrogens with zero attached hydrogens (tertiary/aromatic N) is 1. The van der Waals surface area contributed by atoms with Gasteiger partial charge in [-0.2, -0.15) is 0 Å². The summed E-state index contributed by atoms with van der Waals surface area (Å²) in [5.41, 5.74) is 0. The molecule has 12 heavy (non-hydrogen) atoms. The summed E-state index contributed by atoms with van der Waals surface area (Å²) in [5, 5.41) is 0. The highest BCUT2D eigenvalue weighted by Gasteiger charge is 2.33. The van der Waals surface area contributed by atoms with E-state index in [1.54, 1.807) is 0 Å². The summed E-state index contributed by atoms with van der Waals surface area (Å²) < 4.78 is 0. The quantitative estimate of drug-likeness (QED) is 0.626. The van der Waals surface area contributed by atoms with Gasteiger partial charge in [0.2, 0.25) is 5.91 Å². The maximum Gasteiger partial charge on any atom is 0.225 e. The average Bonchev–Trinajstić information content (AvgIpc) is 2.77. The molecule has 0 saturated heterocycles. The summed E-state index contributed by atoms with van der Waals surface area (Å²) in [6.45, 7) is 1.01. The predicted octanol–water partition coefficient (Wildman–Crippen LogP) is 1.65. The molecule has 0 aromatic carbocycles. The molecule has 0 bridgehead atoms. The number of rotatable bonds is 3. The highest BCUT2D eigenvalue weighted by molar-refractivity contribution is 5.80. The van der Waals surface area contributed by atoms with E-state index in [-0.39, 0.29) is 0 Å². The minimum Gasteiger partial charge on any atom is -0.345 e. The number of carbonyl (C=O) groups excluding carboxylic acids is 1. The van der Waals surface area contributed by atoms with E-state index in [2.05, 4.69) is 0 Å². The highest BCUT2D eigenvalue weighted by Crippen LogP contribution is 2.32. The van der Waals surface area contributed by atoms with Crippen LogP contribution in [0.5, 0.6) is 0 Å². The van der Waals surface area contributed by atoms with Crippen LogP contribution in [-0.4, -0.2) is 24.4 Å². The van der Waals surface area contributed by atoms with Gasteiger partial charge in [-0.05, 0) is 31.6 Å². The van der Waals surface area contributed by atoms with Crippen LogP contribution in [0.2, 0.25) is 0 Å². The molecule has 0 atom stereocenters. The van der Waals surface area contributed by atoms with Gasteiger partial charge >= 0.3 is 0 Å². The number of hydrogen-bond acceptors (Lipinski definition) is 1. The molecule has 0 unspecified atom stereocenters. The van der Waals surface area contributed by atoms with Crippen molar-refractivity contribution in [2.24, 2.45) is 11.8 Å². The molecule has 2 aliphatic rings. The van der Waals surface area contributed by atoms with Crippen molar-refractivity contribution < 1.29 is 4.79 Å². The molecule has 0 aromatic heterocycles. The van der Waals surface area contributed by atoms with Crippen molar-refractivity contribution in [3.63, 3.8) is 0 Å². The zero-order chi connectivity index (χ0) is 8.55. The molecule has 0 spiro atoms. The molecule has 2 nitrogen and oxygen atoms in total. The van der Waals surface area contributed by atoms with E-state index in [1.165, 1.54) is 19.3 Å². The smallest absolute Gasteiger partial charge is 0.225 e. The largest absolute Gasteiger partial charge is 0.345 e. The van der Waals surface area contributed by atoms with Crippen molar-refractivity contribution in [1.29, 1.82) is 0 Å². The lowest BCUT2D eigenvalue weighted by atomic mass is 9.85. The van der Waals surface area contributed by atoms with E-state index in [0.717, 1.165) is 25.3 Å². The molecule has 2 rings (SSSR count). The Morgan fingerprint density at radius 3 is 2.42 bits per heavy atom. The molecule has 0 heterocycles. The van der Waals surface area contributed by atoms with Crippen molar-refractivity contribution in [3.05, 3.63) is 0 Å². The molecule has 0 aliphatic heterocycles. The average molecular weight is 167 g/mol. The van der Waals surface area contributed by atoms with E-state index in [0.29, 0.717) is 11.8 Å².